The van der Waals surface area contributed by atoms with E-state index in [2.05, 4.69) is 11.9 Å². The molecule has 0 aliphatic heterocycles. The van der Waals surface area contributed by atoms with Gasteiger partial charge in [0.05, 0.1) is 12.9 Å². The van der Waals surface area contributed by atoms with E-state index in [1.54, 1.807) is 36.4 Å². The zero-order valence-corrected chi connectivity index (χ0v) is 15.8. The van der Waals surface area contributed by atoms with Crippen molar-refractivity contribution in [3.05, 3.63) is 66.2 Å². The van der Waals surface area contributed by atoms with Crippen LogP contribution in [0, 0.1) is 0 Å². The van der Waals surface area contributed by atoms with Crippen LogP contribution in [-0.2, 0) is 27.0 Å². The zero-order chi connectivity index (χ0) is 19.9. The molecule has 27 heavy (non-hydrogen) atoms. The third-order valence-electron chi connectivity index (χ3n) is 3.57. The Labute approximate surface area is 158 Å². The highest BCUT2D eigenvalue weighted by Crippen LogP contribution is 2.28. The Kier molecular flexibility index (Phi) is 6.98. The van der Waals surface area contributed by atoms with Gasteiger partial charge in [0.25, 0.3) is 5.91 Å². The quantitative estimate of drug-likeness (QED) is 0.639. The highest BCUT2D eigenvalue weighted by molar-refractivity contribution is 7.88. The smallest absolute Gasteiger partial charge is 0.262 e. The average molecular weight is 390 g/mol. The van der Waals surface area contributed by atoms with Crippen molar-refractivity contribution in [2.75, 3.05) is 19.0 Å². The van der Waals surface area contributed by atoms with Gasteiger partial charge in [-0.2, -0.15) is 0 Å². The second kappa shape index (κ2) is 9.20. The molecule has 2 aromatic rings. The molecule has 0 fully saturated rings. The van der Waals surface area contributed by atoms with Gasteiger partial charge in [0.2, 0.25) is 10.0 Å². The lowest BCUT2D eigenvalue weighted by Crippen LogP contribution is -2.20. The van der Waals surface area contributed by atoms with E-state index in [-0.39, 0.29) is 18.3 Å². The molecular weight excluding hydrogens is 368 g/mol. The van der Waals surface area contributed by atoms with Crippen molar-refractivity contribution in [2.45, 2.75) is 12.2 Å². The van der Waals surface area contributed by atoms with Crippen molar-refractivity contribution in [3.8, 4) is 11.5 Å². The molecule has 1 amide bonds. The monoisotopic (exact) mass is 390 g/mol. The Morgan fingerprint density at radius 1 is 1.15 bits per heavy atom. The molecule has 7 nitrogen and oxygen atoms in total. The minimum absolute atomic E-state index is 0.198. The van der Waals surface area contributed by atoms with Crippen molar-refractivity contribution < 1.29 is 22.7 Å². The SMILES string of the molecule is C=CCc1ccc(OCC(=O)Nc2ccc(CS(N)(=O)=O)cc2)c(OC)c1. The number of sulfonamides is 1. The molecule has 3 N–H and O–H groups in total. The highest BCUT2D eigenvalue weighted by atomic mass is 32.2. The van der Waals surface area contributed by atoms with Gasteiger partial charge in [0.1, 0.15) is 0 Å². The van der Waals surface area contributed by atoms with E-state index in [0.717, 1.165) is 5.56 Å². The van der Waals surface area contributed by atoms with Crippen LogP contribution in [0.4, 0.5) is 5.69 Å². The van der Waals surface area contributed by atoms with Gasteiger partial charge in [-0.15, -0.1) is 6.58 Å². The summed E-state index contributed by atoms with van der Waals surface area (Å²) >= 11 is 0. The Morgan fingerprint density at radius 2 is 1.81 bits per heavy atom. The lowest BCUT2D eigenvalue weighted by molar-refractivity contribution is -0.118. The first-order valence-electron chi connectivity index (χ1n) is 8.10. The van der Waals surface area contributed by atoms with Crippen LogP contribution in [0.3, 0.4) is 0 Å². The summed E-state index contributed by atoms with van der Waals surface area (Å²) in [7, 11) is -2.06. The molecule has 0 radical (unpaired) electrons. The normalized spacial score (nSPS) is 10.9. The second-order valence-electron chi connectivity index (χ2n) is 5.82. The summed E-state index contributed by atoms with van der Waals surface area (Å²) in [6.07, 6.45) is 2.50. The van der Waals surface area contributed by atoms with Gasteiger partial charge in [-0.25, -0.2) is 13.6 Å². The molecule has 0 saturated heterocycles. The topological polar surface area (TPSA) is 108 Å². The van der Waals surface area contributed by atoms with Gasteiger partial charge in [0.15, 0.2) is 18.1 Å². The lowest BCUT2D eigenvalue weighted by atomic mass is 10.1. The van der Waals surface area contributed by atoms with Crippen molar-refractivity contribution >= 4 is 21.6 Å². The number of allylic oxidation sites excluding steroid dienone is 1. The van der Waals surface area contributed by atoms with E-state index in [1.807, 2.05) is 12.1 Å². The van der Waals surface area contributed by atoms with Gasteiger partial charge in [-0.05, 0) is 41.8 Å². The molecule has 0 spiro atoms. The van der Waals surface area contributed by atoms with Gasteiger partial charge < -0.3 is 14.8 Å². The summed E-state index contributed by atoms with van der Waals surface area (Å²) < 4.78 is 33.0. The summed E-state index contributed by atoms with van der Waals surface area (Å²) in [6.45, 7) is 3.50. The summed E-state index contributed by atoms with van der Waals surface area (Å²) in [5.74, 6) is 0.385. The summed E-state index contributed by atoms with van der Waals surface area (Å²) in [6, 6.07) is 11.8. The predicted octanol–water partition coefficient (Wildman–Crippen LogP) is 2.23. The number of amides is 1. The maximum atomic E-state index is 12.1. The average Bonchev–Trinajstić information content (AvgIpc) is 2.61. The Bertz CT molecular complexity index is 908. The van der Waals surface area contributed by atoms with Crippen molar-refractivity contribution in [3.63, 3.8) is 0 Å². The molecule has 0 heterocycles. The molecule has 144 valence electrons. The van der Waals surface area contributed by atoms with Crippen LogP contribution in [0.2, 0.25) is 0 Å². The van der Waals surface area contributed by atoms with Crippen molar-refractivity contribution in [2.24, 2.45) is 5.14 Å². The largest absolute Gasteiger partial charge is 0.493 e. The van der Waals surface area contributed by atoms with E-state index in [1.165, 1.54) is 7.11 Å². The van der Waals surface area contributed by atoms with E-state index in [9.17, 15) is 13.2 Å². The third kappa shape index (κ3) is 6.76. The van der Waals surface area contributed by atoms with Crippen LogP contribution in [-0.4, -0.2) is 28.0 Å². The van der Waals surface area contributed by atoms with E-state index >= 15 is 0 Å². The Morgan fingerprint density at radius 3 is 2.41 bits per heavy atom. The first-order chi connectivity index (χ1) is 12.8. The number of hydrogen-bond acceptors (Lipinski definition) is 5. The van der Waals surface area contributed by atoms with Crippen LogP contribution in [0.25, 0.3) is 0 Å². The second-order valence-corrected chi connectivity index (χ2v) is 7.43. The number of rotatable bonds is 9. The molecule has 0 aromatic heterocycles. The van der Waals surface area contributed by atoms with Gasteiger partial charge in [0, 0.05) is 5.69 Å². The van der Waals surface area contributed by atoms with Crippen LogP contribution >= 0.6 is 0 Å². The summed E-state index contributed by atoms with van der Waals surface area (Å²) in [4.78, 5) is 12.1. The molecule has 0 atom stereocenters. The number of nitrogens with one attached hydrogen (secondary N) is 1. The molecule has 2 rings (SSSR count). The fourth-order valence-electron chi connectivity index (χ4n) is 2.38. The fourth-order valence-corrected chi connectivity index (χ4v) is 3.04. The summed E-state index contributed by atoms with van der Waals surface area (Å²) in [5.41, 5.74) is 2.09. The van der Waals surface area contributed by atoms with Gasteiger partial charge in [-0.1, -0.05) is 24.3 Å². The Hall–Kier alpha value is -2.84. The number of hydrogen-bond donors (Lipinski definition) is 2. The number of benzene rings is 2. The number of carbonyl (C=O) groups excluding carboxylic acids is 1. The first kappa shape index (κ1) is 20.5. The molecule has 0 aliphatic rings. The predicted molar refractivity (Wildman–Crippen MR) is 104 cm³/mol. The number of anilines is 1. The van der Waals surface area contributed by atoms with Crippen molar-refractivity contribution in [1.29, 1.82) is 0 Å². The minimum Gasteiger partial charge on any atom is -0.493 e. The molecule has 8 heteroatoms. The third-order valence-corrected chi connectivity index (χ3v) is 4.31. The number of carbonyl (C=O) groups is 1. The van der Waals surface area contributed by atoms with Crippen molar-refractivity contribution in [1.82, 2.24) is 0 Å². The van der Waals surface area contributed by atoms with Crippen LogP contribution in [0.5, 0.6) is 11.5 Å². The van der Waals surface area contributed by atoms with E-state index in [0.29, 0.717) is 29.2 Å². The number of primary sulfonamides is 1. The summed E-state index contributed by atoms with van der Waals surface area (Å²) in [5, 5.41) is 7.67. The molecular formula is C19H22N2O5S. The first-order valence-corrected chi connectivity index (χ1v) is 9.82. The van der Waals surface area contributed by atoms with E-state index in [4.69, 9.17) is 14.6 Å². The molecule has 0 aliphatic carbocycles. The van der Waals surface area contributed by atoms with Crippen LogP contribution in [0.1, 0.15) is 11.1 Å². The van der Waals surface area contributed by atoms with E-state index < -0.39 is 10.0 Å². The lowest BCUT2D eigenvalue weighted by Gasteiger charge is -2.12. The molecule has 0 saturated carbocycles. The molecule has 0 unspecified atom stereocenters. The van der Waals surface area contributed by atoms with Crippen LogP contribution in [0.15, 0.2) is 55.1 Å². The number of methoxy groups -OCH3 is 1. The van der Waals surface area contributed by atoms with Gasteiger partial charge in [-0.3, -0.25) is 4.79 Å². The Balaban J connectivity index is 1.93. The number of nitrogens with two attached hydrogens (primary N) is 1. The van der Waals surface area contributed by atoms with Crippen LogP contribution < -0.4 is 19.9 Å². The fraction of sp³-hybridized carbons (Fsp3) is 0.211. The highest BCUT2D eigenvalue weighted by Gasteiger charge is 2.10. The van der Waals surface area contributed by atoms with Gasteiger partial charge >= 0.3 is 0 Å². The minimum atomic E-state index is -3.59. The maximum Gasteiger partial charge on any atom is 0.262 e. The molecule has 0 bridgehead atoms. The standard InChI is InChI=1S/C19H22N2O5S/c1-3-4-14-7-10-17(18(11-14)25-2)26-12-19(22)21-16-8-5-15(6-9-16)13-27(20,23)24/h3,5-11H,1,4,12-13H2,2H3,(H,21,22)(H2,20,23,24). The maximum absolute atomic E-state index is 12.1. The number of ether oxygens (including phenoxy) is 2. The molecule has 2 aromatic carbocycles. The zero-order valence-electron chi connectivity index (χ0n) is 15.0.